The number of halogens is 6. The molecule has 3 rings (SSSR count). The molecular weight excluding hydrogens is 662 g/mol. The summed E-state index contributed by atoms with van der Waals surface area (Å²) in [6, 6.07) is 7.38. The summed E-state index contributed by atoms with van der Waals surface area (Å²) in [5.41, 5.74) is -1.11. The molecule has 1 fully saturated rings. The third kappa shape index (κ3) is 10.2. The number of amides is 3. The van der Waals surface area contributed by atoms with Crippen LogP contribution < -0.4 is 14.8 Å². The number of unbranched alkanes of at least 4 members (excludes halogenated alkanes) is 5. The van der Waals surface area contributed by atoms with E-state index in [0.717, 1.165) is 36.6 Å². The zero-order valence-corrected chi connectivity index (χ0v) is 29.8. The molecular formula is C38H50F6N2O4. The maximum Gasteiger partial charge on any atom is 0.404 e. The average molecular weight is 713 g/mol. The van der Waals surface area contributed by atoms with Crippen LogP contribution in [-0.4, -0.2) is 48.4 Å². The molecule has 2 aromatic rings. The van der Waals surface area contributed by atoms with Crippen LogP contribution >= 0.6 is 0 Å². The zero-order chi connectivity index (χ0) is 37.3. The number of ether oxygens (including phenoxy) is 2. The van der Waals surface area contributed by atoms with Crippen LogP contribution in [0.4, 0.5) is 31.1 Å². The fourth-order valence-corrected chi connectivity index (χ4v) is 6.22. The molecule has 50 heavy (non-hydrogen) atoms. The summed E-state index contributed by atoms with van der Waals surface area (Å²) in [6.07, 6.45) is -1.85. The molecule has 12 heteroatoms. The van der Waals surface area contributed by atoms with Crippen molar-refractivity contribution < 1.29 is 45.4 Å². The van der Waals surface area contributed by atoms with Gasteiger partial charge >= 0.3 is 18.4 Å². The second kappa shape index (κ2) is 17.5. The van der Waals surface area contributed by atoms with Crippen molar-refractivity contribution in [2.75, 3.05) is 13.2 Å². The predicted molar refractivity (Wildman–Crippen MR) is 182 cm³/mol. The molecule has 3 amide bonds. The first-order valence-electron chi connectivity index (χ1n) is 17.5. The number of carbonyl (C=O) groups excluding carboxylic acids is 2. The Morgan fingerprint density at radius 2 is 1.58 bits per heavy atom. The fourth-order valence-electron chi connectivity index (χ4n) is 6.22. The van der Waals surface area contributed by atoms with Gasteiger partial charge in [-0.05, 0) is 100 Å². The van der Waals surface area contributed by atoms with E-state index in [4.69, 9.17) is 9.47 Å². The van der Waals surface area contributed by atoms with E-state index in [1.54, 1.807) is 50.3 Å². The Balaban J connectivity index is 1.80. The summed E-state index contributed by atoms with van der Waals surface area (Å²) < 4.78 is 95.2. The number of rotatable bonds is 18. The summed E-state index contributed by atoms with van der Waals surface area (Å²) in [6.45, 7) is 10.8. The molecule has 1 heterocycles. The van der Waals surface area contributed by atoms with E-state index >= 15 is 0 Å². The molecule has 2 aromatic carbocycles. The van der Waals surface area contributed by atoms with Gasteiger partial charge < -0.3 is 14.8 Å². The monoisotopic (exact) mass is 712 g/mol. The second-order valence-corrected chi connectivity index (χ2v) is 13.3. The normalized spacial score (nSPS) is 17.0. The minimum absolute atomic E-state index is 0.0233. The van der Waals surface area contributed by atoms with Crippen molar-refractivity contribution in [1.82, 2.24) is 10.2 Å². The van der Waals surface area contributed by atoms with Gasteiger partial charge in [0, 0.05) is 12.1 Å². The highest BCUT2D eigenvalue weighted by Crippen LogP contribution is 2.49. The molecule has 1 unspecified atom stereocenters. The molecule has 1 aliphatic rings. The average Bonchev–Trinajstić information content (AvgIpc) is 3.24. The molecule has 1 saturated heterocycles. The van der Waals surface area contributed by atoms with Crippen LogP contribution in [0, 0.1) is 6.92 Å². The molecule has 0 aliphatic carbocycles. The van der Waals surface area contributed by atoms with Crippen LogP contribution in [0.5, 0.6) is 11.5 Å². The third-order valence-corrected chi connectivity index (χ3v) is 8.82. The summed E-state index contributed by atoms with van der Waals surface area (Å²) in [7, 11) is 0. The van der Waals surface area contributed by atoms with Gasteiger partial charge in [-0.2, -0.15) is 26.3 Å². The van der Waals surface area contributed by atoms with Crippen LogP contribution in [0.25, 0.3) is 6.08 Å². The van der Waals surface area contributed by atoms with Gasteiger partial charge in [-0.25, -0.2) is 4.79 Å². The molecule has 0 radical (unpaired) electrons. The molecule has 1 aliphatic heterocycles. The minimum Gasteiger partial charge on any atom is -0.493 e. The first kappa shape index (κ1) is 40.7. The van der Waals surface area contributed by atoms with Crippen LogP contribution in [0.3, 0.4) is 0 Å². The van der Waals surface area contributed by atoms with Crippen molar-refractivity contribution >= 4 is 18.0 Å². The van der Waals surface area contributed by atoms with Crippen molar-refractivity contribution in [3.05, 3.63) is 64.2 Å². The second-order valence-electron chi connectivity index (χ2n) is 13.3. The van der Waals surface area contributed by atoms with E-state index in [-0.39, 0.29) is 42.6 Å². The lowest BCUT2D eigenvalue weighted by Crippen LogP contribution is -2.41. The Morgan fingerprint density at radius 1 is 0.920 bits per heavy atom. The SMILES string of the molecule is CCCCCC/C=C/c1cc(C(C(F)(F)F)C(F)(F)F)c(C)c(CCC)c1OCCCCN1C(=O)NC(C)(c2ccc(OC(C)C)cc2)C1=O. The lowest BCUT2D eigenvalue weighted by atomic mass is 9.86. The molecule has 0 bridgehead atoms. The number of hydrogen-bond acceptors (Lipinski definition) is 4. The Bertz CT molecular complexity index is 1460. The molecule has 1 atom stereocenters. The van der Waals surface area contributed by atoms with E-state index in [9.17, 15) is 35.9 Å². The summed E-state index contributed by atoms with van der Waals surface area (Å²) >= 11 is 0. The van der Waals surface area contributed by atoms with Crippen LogP contribution in [-0.2, 0) is 16.8 Å². The van der Waals surface area contributed by atoms with Gasteiger partial charge in [-0.15, -0.1) is 0 Å². The van der Waals surface area contributed by atoms with Crippen molar-refractivity contribution in [2.45, 2.75) is 129 Å². The van der Waals surface area contributed by atoms with E-state index in [2.05, 4.69) is 12.2 Å². The fraction of sp³-hybridized carbons (Fsp3) is 0.579. The molecule has 0 saturated carbocycles. The highest BCUT2D eigenvalue weighted by atomic mass is 19.4. The number of hydrogen-bond donors (Lipinski definition) is 1. The largest absolute Gasteiger partial charge is 0.493 e. The standard InChI is InChI=1S/C38H50F6N2O4/c1-7-9-10-11-12-13-17-27-24-31(33(37(39,40)41)38(42,43)44)26(5)30(16-8-2)32(27)49-23-15-14-22-46-34(47)36(6,45-35(46)48)28-18-20-29(21-19-28)50-25(3)4/h13,17-21,24-25,33H,7-12,14-16,22-23H2,1-6H3,(H,45,48)/b17-13+. The third-order valence-electron chi connectivity index (χ3n) is 8.82. The van der Waals surface area contributed by atoms with Crippen LogP contribution in [0.15, 0.2) is 36.4 Å². The van der Waals surface area contributed by atoms with Gasteiger partial charge in [-0.1, -0.05) is 63.8 Å². The number of urea groups is 1. The zero-order valence-electron chi connectivity index (χ0n) is 29.8. The maximum absolute atomic E-state index is 13.9. The van der Waals surface area contributed by atoms with Crippen molar-refractivity contribution in [3.63, 3.8) is 0 Å². The van der Waals surface area contributed by atoms with Gasteiger partial charge in [0.1, 0.15) is 17.0 Å². The van der Waals surface area contributed by atoms with Crippen molar-refractivity contribution in [2.24, 2.45) is 0 Å². The van der Waals surface area contributed by atoms with Gasteiger partial charge in [0.15, 0.2) is 5.92 Å². The number of nitrogens with zero attached hydrogens (tertiary/aromatic N) is 1. The summed E-state index contributed by atoms with van der Waals surface area (Å²) in [4.78, 5) is 27.4. The highest BCUT2D eigenvalue weighted by molar-refractivity contribution is 6.07. The van der Waals surface area contributed by atoms with Gasteiger partial charge in [-0.3, -0.25) is 9.69 Å². The number of benzene rings is 2. The Kier molecular flexibility index (Phi) is 14.2. The molecule has 278 valence electrons. The van der Waals surface area contributed by atoms with E-state index in [0.29, 0.717) is 42.6 Å². The van der Waals surface area contributed by atoms with E-state index in [1.165, 1.54) is 6.92 Å². The Morgan fingerprint density at radius 3 is 2.16 bits per heavy atom. The first-order valence-corrected chi connectivity index (χ1v) is 17.5. The van der Waals surface area contributed by atoms with Crippen molar-refractivity contribution in [3.8, 4) is 11.5 Å². The van der Waals surface area contributed by atoms with Crippen molar-refractivity contribution in [1.29, 1.82) is 0 Å². The molecule has 6 nitrogen and oxygen atoms in total. The van der Waals surface area contributed by atoms with Gasteiger partial charge in [0.05, 0.1) is 12.7 Å². The van der Waals surface area contributed by atoms with E-state index in [1.807, 2.05) is 13.8 Å². The number of carbonyl (C=O) groups is 2. The smallest absolute Gasteiger partial charge is 0.404 e. The quantitative estimate of drug-likeness (QED) is 0.0949. The maximum atomic E-state index is 13.9. The van der Waals surface area contributed by atoms with Crippen LogP contribution in [0.2, 0.25) is 0 Å². The molecule has 1 N–H and O–H groups in total. The number of nitrogens with one attached hydrogen (secondary N) is 1. The number of allylic oxidation sites excluding steroid dienone is 1. The predicted octanol–water partition coefficient (Wildman–Crippen LogP) is 10.6. The Labute approximate surface area is 291 Å². The lowest BCUT2D eigenvalue weighted by Gasteiger charge is -2.28. The topological polar surface area (TPSA) is 67.9 Å². The molecule has 0 spiro atoms. The lowest BCUT2D eigenvalue weighted by molar-refractivity contribution is -0.253. The molecule has 0 aromatic heterocycles. The van der Waals surface area contributed by atoms with E-state index < -0.39 is 41.3 Å². The number of imide groups is 1. The summed E-state index contributed by atoms with van der Waals surface area (Å²) in [5, 5.41) is 2.78. The van der Waals surface area contributed by atoms with Crippen LogP contribution in [0.1, 0.15) is 120 Å². The first-order chi connectivity index (χ1) is 23.4. The minimum atomic E-state index is -5.53. The highest BCUT2D eigenvalue weighted by Gasteiger charge is 2.58. The Hall–Kier alpha value is -3.70. The number of alkyl halides is 6. The van der Waals surface area contributed by atoms with Gasteiger partial charge in [0.2, 0.25) is 0 Å². The summed E-state index contributed by atoms with van der Waals surface area (Å²) in [5.74, 6) is -3.14. The van der Waals surface area contributed by atoms with Gasteiger partial charge in [0.25, 0.3) is 5.91 Å².